The molecule has 0 radical (unpaired) electrons. The van der Waals surface area contributed by atoms with E-state index in [4.69, 9.17) is 10.5 Å². The van der Waals surface area contributed by atoms with E-state index in [0.29, 0.717) is 18.4 Å². The van der Waals surface area contributed by atoms with Gasteiger partial charge in [-0.2, -0.15) is 0 Å². The summed E-state index contributed by atoms with van der Waals surface area (Å²) in [6.45, 7) is 3.74. The van der Waals surface area contributed by atoms with Crippen LogP contribution in [0.15, 0.2) is 4.99 Å². The number of guanidine groups is 1. The number of fused-ring (bicyclic) bond motifs is 2. The van der Waals surface area contributed by atoms with Gasteiger partial charge in [0.2, 0.25) is 0 Å². The Kier molecular flexibility index (Phi) is 3.67. The Morgan fingerprint density at radius 1 is 1.37 bits per heavy atom. The molecule has 19 heavy (non-hydrogen) atoms. The van der Waals surface area contributed by atoms with Gasteiger partial charge in [0, 0.05) is 19.6 Å². The van der Waals surface area contributed by atoms with Crippen LogP contribution in [0.3, 0.4) is 0 Å². The fourth-order valence-corrected chi connectivity index (χ4v) is 3.98. The van der Waals surface area contributed by atoms with Gasteiger partial charge in [0.1, 0.15) is 0 Å². The minimum Gasteiger partial charge on any atom is -0.390 e. The van der Waals surface area contributed by atoms with Crippen LogP contribution in [0.1, 0.15) is 32.1 Å². The van der Waals surface area contributed by atoms with Gasteiger partial charge in [0.15, 0.2) is 5.96 Å². The highest BCUT2D eigenvalue weighted by Crippen LogP contribution is 2.52. The number of hydrogen-bond acceptors (Lipinski definition) is 3. The second kappa shape index (κ2) is 5.29. The minimum atomic E-state index is -0.461. The van der Waals surface area contributed by atoms with E-state index in [1.54, 1.807) is 0 Å². The molecular formula is C14H25N3O2. The number of hydrogen-bond donors (Lipinski definition) is 2. The molecule has 2 bridgehead atoms. The first-order chi connectivity index (χ1) is 9.17. The normalized spacial score (nSPS) is 39.0. The van der Waals surface area contributed by atoms with Crippen molar-refractivity contribution in [1.29, 1.82) is 0 Å². The Morgan fingerprint density at radius 2 is 2.16 bits per heavy atom. The molecule has 3 N–H and O–H groups in total. The van der Waals surface area contributed by atoms with Crippen LogP contribution < -0.4 is 5.73 Å². The van der Waals surface area contributed by atoms with Crippen LogP contribution in [-0.2, 0) is 4.74 Å². The first-order valence-electron chi connectivity index (χ1n) is 7.52. The van der Waals surface area contributed by atoms with Crippen molar-refractivity contribution >= 4 is 5.96 Å². The van der Waals surface area contributed by atoms with E-state index in [1.807, 2.05) is 0 Å². The molecule has 5 heteroatoms. The average Bonchev–Trinajstić information content (AvgIpc) is 3.00. The number of aliphatic hydroxyl groups is 1. The van der Waals surface area contributed by atoms with E-state index in [1.165, 1.54) is 19.3 Å². The number of aliphatic imine (C=N–C) groups is 1. The summed E-state index contributed by atoms with van der Waals surface area (Å²) in [6.07, 6.45) is 5.47. The molecule has 0 aromatic heterocycles. The molecule has 0 spiro atoms. The fraction of sp³-hybridized carbons (Fsp3) is 0.929. The smallest absolute Gasteiger partial charge is 0.191 e. The lowest BCUT2D eigenvalue weighted by Gasteiger charge is -2.32. The number of nitrogens with zero attached hydrogens (tertiary/aromatic N) is 2. The first kappa shape index (κ1) is 13.2. The predicted molar refractivity (Wildman–Crippen MR) is 73.9 cm³/mol. The van der Waals surface area contributed by atoms with Gasteiger partial charge in [-0.15, -0.1) is 0 Å². The molecule has 108 valence electrons. The van der Waals surface area contributed by atoms with Crippen LogP contribution in [0.2, 0.25) is 0 Å². The Morgan fingerprint density at radius 3 is 2.79 bits per heavy atom. The van der Waals surface area contributed by atoms with Gasteiger partial charge < -0.3 is 20.5 Å². The van der Waals surface area contributed by atoms with Gasteiger partial charge in [-0.25, -0.2) is 0 Å². The van der Waals surface area contributed by atoms with Gasteiger partial charge in [-0.1, -0.05) is 0 Å². The zero-order chi connectivity index (χ0) is 13.3. The van der Waals surface area contributed by atoms with E-state index in [0.717, 1.165) is 45.1 Å². The van der Waals surface area contributed by atoms with Crippen molar-refractivity contribution in [3.05, 3.63) is 0 Å². The quantitative estimate of drug-likeness (QED) is 0.579. The summed E-state index contributed by atoms with van der Waals surface area (Å²) in [5, 5.41) is 10.7. The molecule has 2 aliphatic carbocycles. The fourth-order valence-electron chi connectivity index (χ4n) is 3.98. The first-order valence-corrected chi connectivity index (χ1v) is 7.52. The lowest BCUT2D eigenvalue weighted by Crippen LogP contribution is -2.45. The van der Waals surface area contributed by atoms with E-state index in [9.17, 15) is 5.11 Å². The topological polar surface area (TPSA) is 71.1 Å². The van der Waals surface area contributed by atoms with Crippen molar-refractivity contribution in [2.24, 2.45) is 22.6 Å². The zero-order valence-corrected chi connectivity index (χ0v) is 11.6. The van der Waals surface area contributed by atoms with E-state index in [2.05, 4.69) is 9.89 Å². The van der Waals surface area contributed by atoms with Crippen molar-refractivity contribution in [2.45, 2.75) is 37.7 Å². The maximum atomic E-state index is 10.7. The third-order valence-electron chi connectivity index (χ3n) is 5.10. The number of ether oxygens (including phenoxy) is 1. The molecule has 1 saturated heterocycles. The van der Waals surface area contributed by atoms with Crippen molar-refractivity contribution in [3.8, 4) is 0 Å². The Bertz CT molecular complexity index is 355. The molecule has 3 unspecified atom stereocenters. The van der Waals surface area contributed by atoms with Crippen molar-refractivity contribution in [1.82, 2.24) is 4.90 Å². The van der Waals surface area contributed by atoms with E-state index in [-0.39, 0.29) is 0 Å². The second-order valence-corrected chi connectivity index (χ2v) is 6.27. The second-order valence-electron chi connectivity index (χ2n) is 6.27. The van der Waals surface area contributed by atoms with Crippen molar-refractivity contribution in [2.75, 3.05) is 32.8 Å². The summed E-state index contributed by atoms with van der Waals surface area (Å²) in [5.41, 5.74) is 5.53. The van der Waals surface area contributed by atoms with Gasteiger partial charge >= 0.3 is 0 Å². The lowest BCUT2D eigenvalue weighted by atomic mass is 9.82. The molecule has 1 heterocycles. The molecule has 1 aliphatic heterocycles. The molecule has 3 rings (SSSR count). The lowest BCUT2D eigenvalue weighted by molar-refractivity contribution is -0.0182. The van der Waals surface area contributed by atoms with Crippen LogP contribution in [0.5, 0.6) is 0 Å². The van der Waals surface area contributed by atoms with Gasteiger partial charge in [0.05, 0.1) is 18.8 Å². The molecule has 0 amide bonds. The Labute approximate surface area is 114 Å². The summed E-state index contributed by atoms with van der Waals surface area (Å²) >= 11 is 0. The third kappa shape index (κ3) is 2.72. The summed E-state index contributed by atoms with van der Waals surface area (Å²) in [5.74, 6) is 1.88. The molecule has 3 fully saturated rings. The molecule has 0 aromatic rings. The summed E-state index contributed by atoms with van der Waals surface area (Å²) < 4.78 is 5.29. The van der Waals surface area contributed by atoms with E-state index < -0.39 is 5.60 Å². The largest absolute Gasteiger partial charge is 0.390 e. The van der Waals surface area contributed by atoms with E-state index >= 15 is 0 Å². The van der Waals surface area contributed by atoms with Gasteiger partial charge in [0.25, 0.3) is 0 Å². The third-order valence-corrected chi connectivity index (χ3v) is 5.10. The van der Waals surface area contributed by atoms with Crippen LogP contribution in [0.25, 0.3) is 0 Å². The van der Waals surface area contributed by atoms with Gasteiger partial charge in [-0.05, 0) is 43.9 Å². The van der Waals surface area contributed by atoms with Gasteiger partial charge in [-0.3, -0.25) is 4.99 Å². The van der Waals surface area contributed by atoms with Crippen LogP contribution in [0, 0.1) is 11.8 Å². The molecular weight excluding hydrogens is 242 g/mol. The standard InChI is InChI=1S/C14H25N3O2/c15-13(17-5-7-19-8-6-17)16-4-3-14(18)10-11-1-2-12(14)9-11/h11-12,18H,1-10H2,(H2,15,16). The summed E-state index contributed by atoms with van der Waals surface area (Å²) in [7, 11) is 0. The maximum absolute atomic E-state index is 10.7. The highest BCUT2D eigenvalue weighted by Gasteiger charge is 2.49. The highest BCUT2D eigenvalue weighted by molar-refractivity contribution is 5.78. The van der Waals surface area contributed by atoms with Crippen LogP contribution >= 0.6 is 0 Å². The summed E-state index contributed by atoms with van der Waals surface area (Å²) in [4.78, 5) is 6.51. The van der Waals surface area contributed by atoms with Crippen LogP contribution in [0.4, 0.5) is 0 Å². The molecule has 2 saturated carbocycles. The zero-order valence-electron chi connectivity index (χ0n) is 11.6. The molecule has 5 nitrogen and oxygen atoms in total. The monoisotopic (exact) mass is 267 g/mol. The Balaban J connectivity index is 1.49. The Hall–Kier alpha value is -0.810. The molecule has 3 aliphatic rings. The SMILES string of the molecule is NC(=NCCC1(O)CC2CCC1C2)N1CCOCC1. The highest BCUT2D eigenvalue weighted by atomic mass is 16.5. The molecule has 0 aromatic carbocycles. The number of nitrogens with two attached hydrogens (primary N) is 1. The maximum Gasteiger partial charge on any atom is 0.191 e. The minimum absolute atomic E-state index is 0.461. The summed E-state index contributed by atoms with van der Waals surface area (Å²) in [6, 6.07) is 0. The van der Waals surface area contributed by atoms with Crippen molar-refractivity contribution in [3.63, 3.8) is 0 Å². The molecule has 3 atom stereocenters. The van der Waals surface area contributed by atoms with Crippen molar-refractivity contribution < 1.29 is 9.84 Å². The number of rotatable bonds is 3. The van der Waals surface area contributed by atoms with Crippen LogP contribution in [-0.4, -0.2) is 54.4 Å². The number of morpholine rings is 1. The average molecular weight is 267 g/mol. The predicted octanol–water partition coefficient (Wildman–Crippen LogP) is 0.574.